The van der Waals surface area contributed by atoms with Crippen LogP contribution in [0.5, 0.6) is 11.5 Å². The van der Waals surface area contributed by atoms with E-state index in [2.05, 4.69) is 26.1 Å². The van der Waals surface area contributed by atoms with E-state index < -0.39 is 0 Å². The van der Waals surface area contributed by atoms with Crippen molar-refractivity contribution in [3.8, 4) is 23.8 Å². The molecule has 0 amide bonds. The Balaban J connectivity index is 1.30. The summed E-state index contributed by atoms with van der Waals surface area (Å²) in [4.78, 5) is 11.4. The number of fused-ring (bicyclic) bond motifs is 2. The van der Waals surface area contributed by atoms with Crippen molar-refractivity contribution in [1.29, 1.82) is 0 Å². The molecule has 2 atom stereocenters. The van der Waals surface area contributed by atoms with E-state index in [0.29, 0.717) is 36.1 Å². The number of hydrogen-bond donors (Lipinski definition) is 1. The summed E-state index contributed by atoms with van der Waals surface area (Å²) < 4.78 is 17.5. The number of terminal acetylenes is 1. The minimum Gasteiger partial charge on any atom is -0.493 e. The zero-order valence-electron chi connectivity index (χ0n) is 18.8. The fourth-order valence-electron chi connectivity index (χ4n) is 4.78. The summed E-state index contributed by atoms with van der Waals surface area (Å²) >= 11 is 0. The number of benzene rings is 2. The smallest absolute Gasteiger partial charge is 0.162 e. The second kappa shape index (κ2) is 9.65. The van der Waals surface area contributed by atoms with Crippen molar-refractivity contribution in [2.75, 3.05) is 38.7 Å². The summed E-state index contributed by atoms with van der Waals surface area (Å²) in [7, 11) is 1.64. The number of anilines is 2. The van der Waals surface area contributed by atoms with Crippen LogP contribution >= 0.6 is 0 Å². The van der Waals surface area contributed by atoms with Gasteiger partial charge in [-0.05, 0) is 43.5 Å². The molecule has 0 unspecified atom stereocenters. The van der Waals surface area contributed by atoms with Crippen molar-refractivity contribution in [1.82, 2.24) is 14.9 Å². The number of nitrogens with one attached hydrogen (secondary N) is 1. The van der Waals surface area contributed by atoms with E-state index in [1.807, 2.05) is 36.4 Å². The van der Waals surface area contributed by atoms with Crippen LogP contribution in [0.2, 0.25) is 0 Å². The fourth-order valence-corrected chi connectivity index (χ4v) is 4.78. The normalized spacial score (nSPS) is 19.9. The van der Waals surface area contributed by atoms with Gasteiger partial charge in [0.25, 0.3) is 0 Å². The van der Waals surface area contributed by atoms with E-state index in [-0.39, 0.29) is 0 Å². The fraction of sp³-hybridized carbons (Fsp3) is 0.385. The largest absolute Gasteiger partial charge is 0.493 e. The van der Waals surface area contributed by atoms with Gasteiger partial charge < -0.3 is 19.5 Å². The molecule has 0 aliphatic carbocycles. The lowest BCUT2D eigenvalue weighted by molar-refractivity contribution is 0.105. The van der Waals surface area contributed by atoms with Crippen LogP contribution in [0.25, 0.3) is 10.9 Å². The van der Waals surface area contributed by atoms with Gasteiger partial charge in [0, 0.05) is 48.4 Å². The maximum Gasteiger partial charge on any atom is 0.162 e. The van der Waals surface area contributed by atoms with Gasteiger partial charge in [-0.3, -0.25) is 4.90 Å². The predicted octanol–water partition coefficient (Wildman–Crippen LogP) is 4.00. The summed E-state index contributed by atoms with van der Waals surface area (Å²) in [6, 6.07) is 12.1. The molecule has 1 N–H and O–H groups in total. The third-order valence-corrected chi connectivity index (χ3v) is 6.40. The average Bonchev–Trinajstić information content (AvgIpc) is 3.46. The molecule has 2 aromatic carbocycles. The number of rotatable bonds is 8. The molecule has 0 bridgehead atoms. The number of ether oxygens (including phenoxy) is 3. The standard InChI is InChI=1S/C26H28N4O3/c1-3-18-6-4-7-19(14-18)29-26-20-15-25(24(31-2)16-21(20)27-17-28-26)32-12-5-10-30-11-8-23-22(30)9-13-33-23/h1,4,6-7,14-17,22-23H,5,8-13H2,2H3,(H,27,28,29)/t22-,23-/m1/s1. The predicted molar refractivity (Wildman–Crippen MR) is 128 cm³/mol. The Bertz CT molecular complexity index is 1180. The van der Waals surface area contributed by atoms with Crippen molar-refractivity contribution >= 4 is 22.4 Å². The molecule has 0 saturated carbocycles. The molecular formula is C26H28N4O3. The topological polar surface area (TPSA) is 68.7 Å². The Morgan fingerprint density at radius 1 is 1.21 bits per heavy atom. The molecule has 2 fully saturated rings. The van der Waals surface area contributed by atoms with Gasteiger partial charge in [0.1, 0.15) is 12.1 Å². The lowest BCUT2D eigenvalue weighted by atomic mass is 10.1. The van der Waals surface area contributed by atoms with Crippen LogP contribution in [0.15, 0.2) is 42.7 Å². The molecule has 5 rings (SSSR count). The molecule has 3 heterocycles. The molecule has 0 radical (unpaired) electrons. The van der Waals surface area contributed by atoms with Gasteiger partial charge in [-0.25, -0.2) is 9.97 Å². The lowest BCUT2D eigenvalue weighted by Gasteiger charge is -2.22. The lowest BCUT2D eigenvalue weighted by Crippen LogP contribution is -2.33. The molecule has 170 valence electrons. The van der Waals surface area contributed by atoms with E-state index in [0.717, 1.165) is 61.1 Å². The number of nitrogens with zero attached hydrogens (tertiary/aromatic N) is 3. The molecule has 0 spiro atoms. The highest BCUT2D eigenvalue weighted by molar-refractivity contribution is 5.93. The zero-order chi connectivity index (χ0) is 22.6. The Kier molecular flexibility index (Phi) is 6.29. The first-order valence-electron chi connectivity index (χ1n) is 11.4. The highest BCUT2D eigenvalue weighted by atomic mass is 16.5. The van der Waals surface area contributed by atoms with Crippen molar-refractivity contribution in [3.05, 3.63) is 48.3 Å². The molecule has 7 nitrogen and oxygen atoms in total. The van der Waals surface area contributed by atoms with Gasteiger partial charge >= 0.3 is 0 Å². The maximum absolute atomic E-state index is 6.16. The molecule has 33 heavy (non-hydrogen) atoms. The highest BCUT2D eigenvalue weighted by Crippen LogP contribution is 2.35. The van der Waals surface area contributed by atoms with Crippen LogP contribution in [-0.2, 0) is 4.74 Å². The first-order chi connectivity index (χ1) is 16.2. The van der Waals surface area contributed by atoms with Crippen molar-refractivity contribution < 1.29 is 14.2 Å². The van der Waals surface area contributed by atoms with E-state index in [1.54, 1.807) is 7.11 Å². The Hall–Kier alpha value is -3.34. The summed E-state index contributed by atoms with van der Waals surface area (Å²) in [6.07, 6.45) is 10.7. The van der Waals surface area contributed by atoms with Crippen LogP contribution in [0.4, 0.5) is 11.5 Å². The average molecular weight is 445 g/mol. The minimum atomic E-state index is 0.429. The zero-order valence-corrected chi connectivity index (χ0v) is 18.8. The van der Waals surface area contributed by atoms with Gasteiger partial charge in [0.15, 0.2) is 11.5 Å². The quantitative estimate of drug-likeness (QED) is 0.416. The number of aromatic nitrogens is 2. The second-order valence-electron chi connectivity index (χ2n) is 8.38. The van der Waals surface area contributed by atoms with Crippen molar-refractivity contribution in [2.24, 2.45) is 0 Å². The number of hydrogen-bond acceptors (Lipinski definition) is 7. The molecule has 2 aliphatic heterocycles. The Labute approximate surface area is 194 Å². The minimum absolute atomic E-state index is 0.429. The van der Waals surface area contributed by atoms with E-state index in [1.165, 1.54) is 6.33 Å². The highest BCUT2D eigenvalue weighted by Gasteiger charge is 2.38. The summed E-state index contributed by atoms with van der Waals surface area (Å²) in [6.45, 7) is 3.63. The SMILES string of the molecule is C#Cc1cccc(Nc2ncnc3cc(OC)c(OCCCN4CC[C@H]5OCC[C@H]54)cc23)c1. The van der Waals surface area contributed by atoms with E-state index in [4.69, 9.17) is 20.6 Å². The molecule has 7 heteroatoms. The van der Waals surface area contributed by atoms with Crippen LogP contribution in [-0.4, -0.2) is 60.4 Å². The molecule has 2 saturated heterocycles. The van der Waals surface area contributed by atoms with Crippen LogP contribution in [0, 0.1) is 12.3 Å². The molecule has 2 aliphatic rings. The second-order valence-corrected chi connectivity index (χ2v) is 8.38. The van der Waals surface area contributed by atoms with Gasteiger partial charge in [-0.1, -0.05) is 12.0 Å². The number of methoxy groups -OCH3 is 1. The van der Waals surface area contributed by atoms with E-state index in [9.17, 15) is 0 Å². The van der Waals surface area contributed by atoms with E-state index >= 15 is 0 Å². The third-order valence-electron chi connectivity index (χ3n) is 6.40. The molecule has 3 aromatic rings. The first kappa shape index (κ1) is 21.5. The van der Waals surface area contributed by atoms with Crippen molar-refractivity contribution in [2.45, 2.75) is 31.4 Å². The molecular weight excluding hydrogens is 416 g/mol. The van der Waals surface area contributed by atoms with Crippen LogP contribution in [0.1, 0.15) is 24.8 Å². The number of likely N-dealkylation sites (tertiary alicyclic amines) is 1. The van der Waals surface area contributed by atoms with Gasteiger partial charge in [0.05, 0.1) is 25.3 Å². The summed E-state index contributed by atoms with van der Waals surface area (Å²) in [5.74, 6) is 4.69. The Morgan fingerprint density at radius 2 is 2.15 bits per heavy atom. The van der Waals surface area contributed by atoms with Gasteiger partial charge in [-0.2, -0.15) is 0 Å². The van der Waals surface area contributed by atoms with Gasteiger partial charge in [-0.15, -0.1) is 6.42 Å². The summed E-state index contributed by atoms with van der Waals surface area (Å²) in [5.41, 5.74) is 2.44. The summed E-state index contributed by atoms with van der Waals surface area (Å²) in [5, 5.41) is 4.20. The monoisotopic (exact) mass is 444 g/mol. The molecule has 1 aromatic heterocycles. The van der Waals surface area contributed by atoms with Crippen molar-refractivity contribution in [3.63, 3.8) is 0 Å². The van der Waals surface area contributed by atoms with Crippen LogP contribution in [0.3, 0.4) is 0 Å². The van der Waals surface area contributed by atoms with Crippen LogP contribution < -0.4 is 14.8 Å². The third kappa shape index (κ3) is 4.58. The maximum atomic E-state index is 6.16. The first-order valence-corrected chi connectivity index (χ1v) is 11.4. The van der Waals surface area contributed by atoms with Gasteiger partial charge in [0.2, 0.25) is 0 Å². The Morgan fingerprint density at radius 3 is 3.03 bits per heavy atom.